The first-order chi connectivity index (χ1) is 10.2. The average molecular weight is 289 g/mol. The van der Waals surface area contributed by atoms with Gasteiger partial charge in [-0.15, -0.1) is 0 Å². The van der Waals surface area contributed by atoms with Crippen molar-refractivity contribution < 1.29 is 0 Å². The highest BCUT2D eigenvalue weighted by atomic mass is 15.3. The molecule has 0 aliphatic carbocycles. The molecule has 116 valence electrons. The van der Waals surface area contributed by atoms with Gasteiger partial charge in [-0.05, 0) is 40.2 Å². The van der Waals surface area contributed by atoms with Crippen molar-refractivity contribution in [2.45, 2.75) is 52.1 Å². The molecule has 3 rings (SSSR count). The summed E-state index contributed by atoms with van der Waals surface area (Å²) >= 11 is 0. The molecule has 5 heteroatoms. The third-order valence-electron chi connectivity index (χ3n) is 4.74. The van der Waals surface area contributed by atoms with Gasteiger partial charge in [0.2, 0.25) is 5.95 Å². The molecule has 2 aliphatic heterocycles. The highest BCUT2D eigenvalue weighted by molar-refractivity contribution is 5.50. The van der Waals surface area contributed by atoms with E-state index in [0.717, 1.165) is 31.4 Å². The van der Waals surface area contributed by atoms with Gasteiger partial charge in [-0.25, -0.2) is 4.98 Å². The molecule has 0 amide bonds. The van der Waals surface area contributed by atoms with Crippen LogP contribution in [0.5, 0.6) is 0 Å². The largest absolute Gasteiger partial charge is 0.354 e. The maximum absolute atomic E-state index is 4.76. The van der Waals surface area contributed by atoms with Crippen LogP contribution in [0.4, 0.5) is 11.8 Å². The molecular formula is C16H27N5. The van der Waals surface area contributed by atoms with Crippen molar-refractivity contribution in [1.82, 2.24) is 14.9 Å². The summed E-state index contributed by atoms with van der Waals surface area (Å²) in [6.45, 7) is 10.9. The zero-order valence-corrected chi connectivity index (χ0v) is 13.5. The standard InChI is InChI=1S/C16H27N5/c1-4-17-16-18-9-12(2)15(19-16)21-11-14-7-5-6-8-20(14)10-13(21)3/h9,13-14H,4-8,10-11H2,1-3H3,(H,17,18,19). The van der Waals surface area contributed by atoms with Crippen LogP contribution in [0.2, 0.25) is 0 Å². The second-order valence-electron chi connectivity index (χ2n) is 6.38. The number of aromatic nitrogens is 2. The van der Waals surface area contributed by atoms with Crippen LogP contribution in [0.1, 0.15) is 38.7 Å². The Balaban J connectivity index is 1.83. The number of aryl methyl sites for hydroxylation is 1. The van der Waals surface area contributed by atoms with Gasteiger partial charge < -0.3 is 10.2 Å². The number of nitrogens with one attached hydrogen (secondary N) is 1. The minimum absolute atomic E-state index is 0.516. The van der Waals surface area contributed by atoms with Crippen molar-refractivity contribution in [2.24, 2.45) is 0 Å². The minimum Gasteiger partial charge on any atom is -0.354 e. The molecule has 3 heterocycles. The van der Waals surface area contributed by atoms with E-state index in [0.29, 0.717) is 12.1 Å². The molecule has 2 aliphatic rings. The Morgan fingerprint density at radius 2 is 2.19 bits per heavy atom. The van der Waals surface area contributed by atoms with Crippen LogP contribution in [0.25, 0.3) is 0 Å². The van der Waals surface area contributed by atoms with Gasteiger partial charge in [0.25, 0.3) is 0 Å². The summed E-state index contributed by atoms with van der Waals surface area (Å²) in [6.07, 6.45) is 6.00. The molecule has 1 N–H and O–H groups in total. The van der Waals surface area contributed by atoms with Gasteiger partial charge in [-0.3, -0.25) is 4.90 Å². The summed E-state index contributed by atoms with van der Waals surface area (Å²) in [6, 6.07) is 1.22. The van der Waals surface area contributed by atoms with E-state index in [-0.39, 0.29) is 0 Å². The van der Waals surface area contributed by atoms with Crippen molar-refractivity contribution >= 4 is 11.8 Å². The van der Waals surface area contributed by atoms with Gasteiger partial charge in [-0.1, -0.05) is 6.42 Å². The monoisotopic (exact) mass is 289 g/mol. The third-order valence-corrected chi connectivity index (χ3v) is 4.74. The summed E-state index contributed by atoms with van der Waals surface area (Å²) in [5.41, 5.74) is 1.17. The van der Waals surface area contributed by atoms with Crippen LogP contribution in [0, 0.1) is 6.92 Å². The molecule has 0 spiro atoms. The van der Waals surface area contributed by atoms with Crippen LogP contribution in [-0.4, -0.2) is 53.1 Å². The maximum Gasteiger partial charge on any atom is 0.224 e. The highest BCUT2D eigenvalue weighted by Gasteiger charge is 2.34. The molecule has 0 aromatic carbocycles. The van der Waals surface area contributed by atoms with Crippen molar-refractivity contribution in [3.63, 3.8) is 0 Å². The van der Waals surface area contributed by atoms with Crippen molar-refractivity contribution in [1.29, 1.82) is 0 Å². The van der Waals surface area contributed by atoms with Gasteiger partial charge in [-0.2, -0.15) is 4.98 Å². The van der Waals surface area contributed by atoms with E-state index in [1.54, 1.807) is 0 Å². The molecule has 5 nitrogen and oxygen atoms in total. The van der Waals surface area contributed by atoms with Gasteiger partial charge in [0.15, 0.2) is 0 Å². The predicted molar refractivity (Wildman–Crippen MR) is 87.0 cm³/mol. The van der Waals surface area contributed by atoms with E-state index < -0.39 is 0 Å². The molecule has 2 atom stereocenters. The van der Waals surface area contributed by atoms with E-state index in [4.69, 9.17) is 4.98 Å². The number of hydrogen-bond acceptors (Lipinski definition) is 5. The quantitative estimate of drug-likeness (QED) is 0.925. The van der Waals surface area contributed by atoms with Crippen LogP contribution in [0.15, 0.2) is 6.20 Å². The normalized spacial score (nSPS) is 26.5. The van der Waals surface area contributed by atoms with Gasteiger partial charge >= 0.3 is 0 Å². The van der Waals surface area contributed by atoms with Crippen molar-refractivity contribution in [3.05, 3.63) is 11.8 Å². The zero-order chi connectivity index (χ0) is 14.8. The number of fused-ring (bicyclic) bond motifs is 1. The lowest BCUT2D eigenvalue weighted by Crippen LogP contribution is -2.59. The molecule has 0 bridgehead atoms. The van der Waals surface area contributed by atoms with Crippen LogP contribution in [-0.2, 0) is 0 Å². The van der Waals surface area contributed by atoms with E-state index in [1.807, 2.05) is 6.20 Å². The molecule has 1 aromatic heterocycles. The Kier molecular flexibility index (Phi) is 4.29. The van der Waals surface area contributed by atoms with Crippen LogP contribution >= 0.6 is 0 Å². The lowest BCUT2D eigenvalue weighted by Gasteiger charge is -2.48. The summed E-state index contributed by atoms with van der Waals surface area (Å²) in [5.74, 6) is 1.86. The number of nitrogens with zero attached hydrogens (tertiary/aromatic N) is 4. The zero-order valence-electron chi connectivity index (χ0n) is 13.5. The lowest BCUT2D eigenvalue weighted by atomic mass is 9.97. The molecule has 0 saturated carbocycles. The Morgan fingerprint density at radius 1 is 1.33 bits per heavy atom. The molecule has 0 radical (unpaired) electrons. The fourth-order valence-corrected chi connectivity index (χ4v) is 3.61. The van der Waals surface area contributed by atoms with E-state index in [1.165, 1.54) is 31.4 Å². The summed E-state index contributed by atoms with van der Waals surface area (Å²) in [7, 11) is 0. The topological polar surface area (TPSA) is 44.3 Å². The van der Waals surface area contributed by atoms with Crippen molar-refractivity contribution in [2.75, 3.05) is 36.4 Å². The highest BCUT2D eigenvalue weighted by Crippen LogP contribution is 2.29. The Hall–Kier alpha value is -1.36. The van der Waals surface area contributed by atoms with Gasteiger partial charge in [0.1, 0.15) is 5.82 Å². The van der Waals surface area contributed by atoms with E-state index >= 15 is 0 Å². The fraction of sp³-hybridized carbons (Fsp3) is 0.750. The molecule has 21 heavy (non-hydrogen) atoms. The predicted octanol–water partition coefficient (Wildman–Crippen LogP) is 2.28. The van der Waals surface area contributed by atoms with E-state index in [2.05, 4.69) is 40.9 Å². The summed E-state index contributed by atoms with van der Waals surface area (Å²) in [4.78, 5) is 14.3. The number of anilines is 2. The number of hydrogen-bond donors (Lipinski definition) is 1. The SMILES string of the molecule is CCNc1ncc(C)c(N2CC3CCCCN3CC2C)n1. The molecule has 2 fully saturated rings. The Bertz CT molecular complexity index is 490. The fourth-order valence-electron chi connectivity index (χ4n) is 3.61. The van der Waals surface area contributed by atoms with Gasteiger partial charge in [0.05, 0.1) is 0 Å². The smallest absolute Gasteiger partial charge is 0.224 e. The summed E-state index contributed by atoms with van der Waals surface area (Å²) < 4.78 is 0. The maximum atomic E-state index is 4.76. The van der Waals surface area contributed by atoms with Crippen molar-refractivity contribution in [3.8, 4) is 0 Å². The molecule has 1 aromatic rings. The molecule has 2 saturated heterocycles. The first-order valence-corrected chi connectivity index (χ1v) is 8.27. The third kappa shape index (κ3) is 2.98. The second kappa shape index (κ2) is 6.18. The van der Waals surface area contributed by atoms with Crippen LogP contribution in [0.3, 0.4) is 0 Å². The molecule has 2 unspecified atom stereocenters. The number of piperazine rings is 1. The lowest BCUT2D eigenvalue weighted by molar-refractivity contribution is 0.115. The van der Waals surface area contributed by atoms with Gasteiger partial charge in [0, 0.05) is 43.5 Å². The molecular weight excluding hydrogens is 262 g/mol. The van der Waals surface area contributed by atoms with E-state index in [9.17, 15) is 0 Å². The first kappa shape index (κ1) is 14.6. The number of piperidine rings is 1. The Morgan fingerprint density at radius 3 is 3.00 bits per heavy atom. The second-order valence-corrected chi connectivity index (χ2v) is 6.38. The van der Waals surface area contributed by atoms with Crippen LogP contribution < -0.4 is 10.2 Å². The first-order valence-electron chi connectivity index (χ1n) is 8.27. The minimum atomic E-state index is 0.516. The Labute approximate surface area is 127 Å². The number of rotatable bonds is 3. The summed E-state index contributed by atoms with van der Waals surface area (Å²) in [5, 5.41) is 3.23. The average Bonchev–Trinajstić information content (AvgIpc) is 2.49.